The topological polar surface area (TPSA) is 135 Å². The molecule has 2 amide bonds. The second-order valence-electron chi connectivity index (χ2n) is 10.6. The number of carbonyl (C=O) groups excluding carboxylic acids is 2. The van der Waals surface area contributed by atoms with Crippen LogP contribution in [0.25, 0.3) is 22.6 Å². The van der Waals surface area contributed by atoms with Crippen LogP contribution in [0.15, 0.2) is 71.3 Å². The number of piperazine rings is 1. The van der Waals surface area contributed by atoms with Crippen LogP contribution < -0.4 is 5.32 Å². The summed E-state index contributed by atoms with van der Waals surface area (Å²) in [5, 5.41) is 14.7. The number of aryl methyl sites for hydroxylation is 1. The van der Waals surface area contributed by atoms with Gasteiger partial charge in [-0.05, 0) is 47.5 Å². The molecular weight excluding hydrogens is 553 g/mol. The van der Waals surface area contributed by atoms with Crippen LogP contribution in [-0.4, -0.2) is 84.1 Å². The van der Waals surface area contributed by atoms with Gasteiger partial charge in [0.2, 0.25) is 11.8 Å². The number of anilines is 1. The van der Waals surface area contributed by atoms with E-state index in [-0.39, 0.29) is 35.6 Å². The molecule has 0 radical (unpaired) electrons. The Kier molecular flexibility index (Phi) is 6.01. The summed E-state index contributed by atoms with van der Waals surface area (Å²) < 4.78 is 42.0. The van der Waals surface area contributed by atoms with Gasteiger partial charge in [0.25, 0.3) is 5.91 Å². The van der Waals surface area contributed by atoms with Crippen molar-refractivity contribution in [2.45, 2.75) is 18.6 Å². The molecule has 1 aliphatic heterocycles. The molecule has 7 rings (SSSR count). The number of amides is 2. The monoisotopic (exact) mass is 584 g/mol. The lowest BCUT2D eigenvalue weighted by Gasteiger charge is -2.38. The minimum absolute atomic E-state index is 0.230. The minimum Gasteiger partial charge on any atom is -0.436 e. The van der Waals surface area contributed by atoms with Crippen molar-refractivity contribution in [1.29, 1.82) is 0 Å². The number of nitrogens with one attached hydrogen (secondary N) is 1. The predicted molar refractivity (Wildman–Crippen MR) is 153 cm³/mol. The van der Waals surface area contributed by atoms with Crippen LogP contribution >= 0.6 is 0 Å². The molecule has 1 N–H and O–H groups in total. The molecule has 3 aromatic heterocycles. The lowest BCUT2D eigenvalue weighted by Crippen LogP contribution is -2.50. The second-order valence-corrected chi connectivity index (χ2v) is 10.6. The molecule has 1 unspecified atom stereocenters. The largest absolute Gasteiger partial charge is 0.436 e. The Morgan fingerprint density at radius 3 is 2.65 bits per heavy atom. The Bertz CT molecular complexity index is 1910. The highest BCUT2D eigenvalue weighted by Crippen LogP contribution is 2.35. The molecule has 0 spiro atoms. The van der Waals surface area contributed by atoms with Crippen molar-refractivity contribution in [3.8, 4) is 11.5 Å². The first kappa shape index (κ1) is 23.5. The Labute approximate surface area is 249 Å². The van der Waals surface area contributed by atoms with Crippen LogP contribution in [0.5, 0.6) is 0 Å². The minimum atomic E-state index is -2.55. The number of aromatic nitrogens is 6. The van der Waals surface area contributed by atoms with E-state index in [1.54, 1.807) is 35.2 Å². The van der Waals surface area contributed by atoms with Crippen LogP contribution in [-0.2, 0) is 11.8 Å². The number of tetrazole rings is 1. The quantitative estimate of drug-likeness (QED) is 0.306. The molecule has 218 valence electrons. The summed E-state index contributed by atoms with van der Waals surface area (Å²) in [6.45, 7) is -0.811. The van der Waals surface area contributed by atoms with Gasteiger partial charge in [-0.25, -0.2) is 9.37 Å². The van der Waals surface area contributed by atoms with Gasteiger partial charge >= 0.3 is 0 Å². The molecule has 2 fully saturated rings. The molecular formula is C30H28FN9O3. The molecule has 12 nitrogen and oxygen atoms in total. The van der Waals surface area contributed by atoms with E-state index in [0.717, 1.165) is 5.56 Å². The number of carbonyl (C=O) groups is 2. The molecule has 0 bridgehead atoms. The lowest BCUT2D eigenvalue weighted by molar-refractivity contribution is -0.117. The number of pyridine rings is 1. The number of benzene rings is 2. The average molecular weight is 585 g/mol. The first-order valence-corrected chi connectivity index (χ1v) is 13.8. The molecule has 43 heavy (non-hydrogen) atoms. The average Bonchev–Trinajstić information content (AvgIpc) is 3.39. The number of fused-ring (bicyclic) bond motifs is 1. The second kappa shape index (κ2) is 11.0. The third kappa shape index (κ3) is 5.46. The number of rotatable bonds is 7. The van der Waals surface area contributed by atoms with Crippen molar-refractivity contribution in [2.24, 2.45) is 12.9 Å². The zero-order valence-corrected chi connectivity index (χ0v) is 22.8. The molecule has 13 heteroatoms. The van der Waals surface area contributed by atoms with E-state index in [9.17, 15) is 14.0 Å². The maximum Gasteiger partial charge on any atom is 0.272 e. The van der Waals surface area contributed by atoms with E-state index in [4.69, 9.17) is 8.53 Å². The summed E-state index contributed by atoms with van der Waals surface area (Å²) in [5.74, 6) is -0.666. The molecule has 2 aliphatic rings. The van der Waals surface area contributed by atoms with Crippen LogP contribution in [0.2, 0.25) is 0 Å². The number of hydrogen-bond donors (Lipinski definition) is 1. The highest BCUT2D eigenvalue weighted by atomic mass is 19.1. The summed E-state index contributed by atoms with van der Waals surface area (Å²) in [6.07, 6.45) is 0.676. The van der Waals surface area contributed by atoms with Crippen LogP contribution in [0, 0.1) is 5.92 Å². The molecule has 4 heterocycles. The van der Waals surface area contributed by atoms with Crippen molar-refractivity contribution in [2.75, 3.05) is 31.5 Å². The Balaban J connectivity index is 1.05. The van der Waals surface area contributed by atoms with E-state index >= 15 is 0 Å². The first-order valence-electron chi connectivity index (χ1n) is 15.3. The number of nitrogens with zero attached hydrogens (tertiary/aromatic N) is 8. The third-order valence-corrected chi connectivity index (χ3v) is 7.69. The fourth-order valence-corrected chi connectivity index (χ4v) is 5.32. The van der Waals surface area contributed by atoms with E-state index in [1.807, 2.05) is 30.3 Å². The van der Waals surface area contributed by atoms with Gasteiger partial charge < -0.3 is 14.6 Å². The summed E-state index contributed by atoms with van der Waals surface area (Å²) in [7, 11) is 0. The van der Waals surface area contributed by atoms with Crippen molar-refractivity contribution in [3.63, 3.8) is 0 Å². The Morgan fingerprint density at radius 2 is 1.91 bits per heavy atom. The zero-order chi connectivity index (χ0) is 32.0. The van der Waals surface area contributed by atoms with Crippen molar-refractivity contribution < 1.29 is 22.5 Å². The van der Waals surface area contributed by atoms with Crippen LogP contribution in [0.3, 0.4) is 0 Å². The van der Waals surface area contributed by atoms with E-state index in [0.29, 0.717) is 53.3 Å². The lowest BCUT2D eigenvalue weighted by atomic mass is 10.0. The number of halogens is 1. The predicted octanol–water partition coefficient (Wildman–Crippen LogP) is 3.26. The fourth-order valence-electron chi connectivity index (χ4n) is 5.32. The van der Waals surface area contributed by atoms with Gasteiger partial charge in [0.05, 0.1) is 18.9 Å². The van der Waals surface area contributed by atoms with Gasteiger partial charge in [0.15, 0.2) is 11.4 Å². The summed E-state index contributed by atoms with van der Waals surface area (Å²) in [4.78, 5) is 39.0. The molecule has 5 aromatic rings. The Morgan fingerprint density at radius 1 is 1.09 bits per heavy atom. The van der Waals surface area contributed by atoms with Crippen LogP contribution in [0.1, 0.15) is 38.5 Å². The van der Waals surface area contributed by atoms with Gasteiger partial charge in [-0.2, -0.15) is 4.80 Å². The number of hydrogen-bond acceptors (Lipinski definition) is 9. The molecule has 1 aliphatic carbocycles. The molecule has 1 saturated heterocycles. The zero-order valence-electron chi connectivity index (χ0n) is 25.8. The maximum atomic E-state index is 13.5. The smallest absolute Gasteiger partial charge is 0.272 e. The van der Waals surface area contributed by atoms with E-state index < -0.39 is 25.1 Å². The van der Waals surface area contributed by atoms with Gasteiger partial charge in [-0.15, -0.1) is 10.2 Å². The Hall–Kier alpha value is -5.04. The summed E-state index contributed by atoms with van der Waals surface area (Å²) >= 11 is 0. The maximum absolute atomic E-state index is 13.5. The van der Waals surface area contributed by atoms with Gasteiger partial charge in [-0.3, -0.25) is 19.5 Å². The molecule has 3 atom stereocenters. The normalized spacial score (nSPS) is 20.7. The summed E-state index contributed by atoms with van der Waals surface area (Å²) in [6, 6.07) is 17.4. The number of oxazole rings is 1. The highest BCUT2D eigenvalue weighted by Gasteiger charge is 2.43. The van der Waals surface area contributed by atoms with Gasteiger partial charge in [0.1, 0.15) is 17.4 Å². The third-order valence-electron chi connectivity index (χ3n) is 7.69. The van der Waals surface area contributed by atoms with Crippen molar-refractivity contribution >= 4 is 28.6 Å². The molecule has 2 aromatic carbocycles. The number of alkyl halides is 1. The van der Waals surface area contributed by atoms with Crippen LogP contribution in [0.4, 0.5) is 10.1 Å². The van der Waals surface area contributed by atoms with Crippen molar-refractivity contribution in [1.82, 2.24) is 40.0 Å². The van der Waals surface area contributed by atoms with Gasteiger partial charge in [-0.1, -0.05) is 30.3 Å². The fraction of sp³-hybridized carbons (Fsp3) is 0.300. The highest BCUT2D eigenvalue weighted by molar-refractivity contribution is 5.96. The standard InChI is InChI=1S/C30H28FN9O3/c1-38-36-27(35-37-38)26(18-5-3-2-4-6-18)39-11-13-40(14-12-39)30(42)24-15-19(9-10-32-24)29-34-23-16-20(7-8-25(23)43-29)33-28(41)21-17-22(21)31/h2-10,15-16,21-22,26H,11-14,17H2,1H3,(H,33,41)/t21?,22-,26-/m0/s1/i1D3. The van der Waals surface area contributed by atoms with Crippen molar-refractivity contribution in [3.05, 3.63) is 83.9 Å². The van der Waals surface area contributed by atoms with E-state index in [2.05, 4.69) is 35.6 Å². The van der Waals surface area contributed by atoms with Gasteiger partial charge in [0, 0.05) is 47.7 Å². The summed E-state index contributed by atoms with van der Waals surface area (Å²) in [5.41, 5.74) is 3.16. The van der Waals surface area contributed by atoms with E-state index in [1.165, 1.54) is 6.20 Å². The SMILES string of the molecule is [2H]C([2H])([2H])n1nnc([C@H](c2ccccc2)N2CCN(C(=O)c3cc(-c4nc5cc(NC(=O)C6C[C@@H]6F)ccc5o4)ccn3)CC2)n1. The molecule has 1 saturated carbocycles. The first-order chi connectivity index (χ1) is 22.1.